The van der Waals surface area contributed by atoms with Crippen molar-refractivity contribution in [3.05, 3.63) is 59.9 Å². The zero-order valence-corrected chi connectivity index (χ0v) is 14.1. The molecule has 0 radical (unpaired) electrons. The first-order valence-electron chi connectivity index (χ1n) is 7.40. The molecule has 1 aromatic heterocycles. The first kappa shape index (κ1) is 17.2. The van der Waals surface area contributed by atoms with E-state index in [0.29, 0.717) is 25.1 Å². The van der Waals surface area contributed by atoms with Crippen LogP contribution in [-0.2, 0) is 16.8 Å². The molecule has 124 valence electrons. The minimum atomic E-state index is -3.79. The molecule has 0 aliphatic rings. The number of nitrogens with zero attached hydrogens (tertiary/aromatic N) is 2. The second kappa shape index (κ2) is 7.43. The third kappa shape index (κ3) is 4.67. The van der Waals surface area contributed by atoms with Gasteiger partial charge in [-0.1, -0.05) is 37.3 Å². The van der Waals surface area contributed by atoms with E-state index in [9.17, 15) is 13.2 Å². The molecule has 1 aromatic carbocycles. The van der Waals surface area contributed by atoms with Crippen LogP contribution in [0.4, 0.5) is 0 Å². The summed E-state index contributed by atoms with van der Waals surface area (Å²) in [5.74, 6) is -0.625. The highest BCUT2D eigenvalue weighted by Gasteiger charge is 2.21. The van der Waals surface area contributed by atoms with Gasteiger partial charge >= 0.3 is 10.2 Å². The van der Waals surface area contributed by atoms with Crippen LogP contribution in [0.5, 0.6) is 0 Å². The zero-order chi connectivity index (χ0) is 16.9. The molecule has 0 saturated heterocycles. The Morgan fingerprint density at radius 3 is 2.57 bits per heavy atom. The van der Waals surface area contributed by atoms with Crippen LogP contribution >= 0.6 is 0 Å². The summed E-state index contributed by atoms with van der Waals surface area (Å²) in [5.41, 5.74) is 1.42. The molecule has 23 heavy (non-hydrogen) atoms. The molecule has 0 saturated carbocycles. The quantitative estimate of drug-likeness (QED) is 0.839. The molecule has 0 aliphatic heterocycles. The molecule has 2 aromatic rings. The average Bonchev–Trinajstić information content (AvgIpc) is 2.97. The molecule has 1 amide bonds. The van der Waals surface area contributed by atoms with Crippen molar-refractivity contribution in [2.24, 2.45) is 0 Å². The van der Waals surface area contributed by atoms with E-state index in [1.807, 2.05) is 41.8 Å². The van der Waals surface area contributed by atoms with Gasteiger partial charge in [0.2, 0.25) is 0 Å². The van der Waals surface area contributed by atoms with Gasteiger partial charge < -0.3 is 4.57 Å². The fourth-order valence-corrected chi connectivity index (χ4v) is 3.09. The maximum Gasteiger partial charge on any atom is 0.303 e. The highest BCUT2D eigenvalue weighted by Crippen LogP contribution is 2.07. The summed E-state index contributed by atoms with van der Waals surface area (Å²) in [6.07, 6.45) is 4.07. The van der Waals surface area contributed by atoms with Crippen LogP contribution in [0.2, 0.25) is 0 Å². The fourth-order valence-electron chi connectivity index (χ4n) is 2.16. The van der Waals surface area contributed by atoms with E-state index in [4.69, 9.17) is 0 Å². The van der Waals surface area contributed by atoms with Gasteiger partial charge in [0.25, 0.3) is 5.91 Å². The lowest BCUT2D eigenvalue weighted by Crippen LogP contribution is -2.41. The molecular weight excluding hydrogens is 314 g/mol. The normalized spacial score (nSPS) is 11.6. The molecular formula is C16H21N3O3S. The van der Waals surface area contributed by atoms with E-state index in [1.54, 1.807) is 18.5 Å². The van der Waals surface area contributed by atoms with Gasteiger partial charge in [0.05, 0.1) is 5.56 Å². The third-order valence-electron chi connectivity index (χ3n) is 3.39. The number of nitrogens with one attached hydrogen (secondary N) is 1. The molecule has 2 rings (SSSR count). The lowest BCUT2D eigenvalue weighted by Gasteiger charge is -2.16. The average molecular weight is 335 g/mol. The number of rotatable bonds is 7. The van der Waals surface area contributed by atoms with Gasteiger partial charge in [0, 0.05) is 32.5 Å². The van der Waals surface area contributed by atoms with Crippen LogP contribution in [0.25, 0.3) is 0 Å². The number of amides is 1. The van der Waals surface area contributed by atoms with Crippen LogP contribution in [0.15, 0.2) is 48.8 Å². The summed E-state index contributed by atoms with van der Waals surface area (Å²) in [6.45, 7) is 2.85. The van der Waals surface area contributed by atoms with Crippen molar-refractivity contribution in [3.8, 4) is 0 Å². The Hall–Kier alpha value is -2.12. The summed E-state index contributed by atoms with van der Waals surface area (Å²) in [6, 6.07) is 11.4. The minimum absolute atomic E-state index is 0.314. The Kier molecular flexibility index (Phi) is 5.57. The smallest absolute Gasteiger partial charge is 0.303 e. The van der Waals surface area contributed by atoms with E-state index < -0.39 is 16.1 Å². The van der Waals surface area contributed by atoms with Crippen LogP contribution in [0.1, 0.15) is 29.3 Å². The Labute approximate surface area is 136 Å². The minimum Gasteiger partial charge on any atom is -0.349 e. The molecule has 0 fully saturated rings. The van der Waals surface area contributed by atoms with Crippen LogP contribution in [0, 0.1) is 0 Å². The largest absolute Gasteiger partial charge is 0.349 e. The van der Waals surface area contributed by atoms with Crippen LogP contribution in [-0.4, -0.2) is 36.8 Å². The molecule has 1 N–H and O–H groups in total. The number of benzene rings is 1. The van der Waals surface area contributed by atoms with E-state index in [1.165, 1.54) is 7.05 Å². The monoisotopic (exact) mass is 335 g/mol. The zero-order valence-electron chi connectivity index (χ0n) is 13.3. The van der Waals surface area contributed by atoms with Crippen molar-refractivity contribution in [2.75, 3.05) is 13.6 Å². The van der Waals surface area contributed by atoms with Crippen LogP contribution in [0.3, 0.4) is 0 Å². The Bertz CT molecular complexity index is 754. The molecule has 0 spiro atoms. The van der Waals surface area contributed by atoms with Gasteiger partial charge in [-0.3, -0.25) is 4.79 Å². The van der Waals surface area contributed by atoms with Crippen LogP contribution < -0.4 is 4.72 Å². The number of hydrogen-bond donors (Lipinski definition) is 1. The number of hydrogen-bond acceptors (Lipinski definition) is 3. The van der Waals surface area contributed by atoms with E-state index >= 15 is 0 Å². The van der Waals surface area contributed by atoms with Crippen molar-refractivity contribution < 1.29 is 13.2 Å². The predicted octanol–water partition coefficient (Wildman–Crippen LogP) is 1.85. The van der Waals surface area contributed by atoms with Gasteiger partial charge in [0.1, 0.15) is 0 Å². The predicted molar refractivity (Wildman–Crippen MR) is 89.3 cm³/mol. The fraction of sp³-hybridized carbons (Fsp3) is 0.312. The summed E-state index contributed by atoms with van der Waals surface area (Å²) >= 11 is 0. The Balaban J connectivity index is 2.04. The second-order valence-electron chi connectivity index (χ2n) is 5.32. The summed E-state index contributed by atoms with van der Waals surface area (Å²) in [7, 11) is -2.35. The van der Waals surface area contributed by atoms with E-state index in [0.717, 1.165) is 9.87 Å². The van der Waals surface area contributed by atoms with E-state index in [-0.39, 0.29) is 0 Å². The van der Waals surface area contributed by atoms with E-state index in [2.05, 4.69) is 4.72 Å². The van der Waals surface area contributed by atoms with Crippen molar-refractivity contribution in [3.63, 3.8) is 0 Å². The molecule has 0 atom stereocenters. The third-order valence-corrected chi connectivity index (χ3v) is 4.84. The molecule has 0 bridgehead atoms. The van der Waals surface area contributed by atoms with Gasteiger partial charge in [-0.15, -0.1) is 0 Å². The maximum atomic E-state index is 12.1. The number of aromatic nitrogens is 1. The number of carbonyl (C=O) groups excluding carboxylic acids is 1. The van der Waals surface area contributed by atoms with Crippen molar-refractivity contribution in [1.29, 1.82) is 0 Å². The highest BCUT2D eigenvalue weighted by atomic mass is 32.2. The van der Waals surface area contributed by atoms with Gasteiger partial charge in [-0.2, -0.15) is 12.7 Å². The lowest BCUT2D eigenvalue weighted by atomic mass is 10.2. The SMILES string of the molecule is CCCN(C)S(=O)(=O)NC(=O)c1ccn(Cc2ccccc2)c1. The summed E-state index contributed by atoms with van der Waals surface area (Å²) in [5, 5.41) is 0. The van der Waals surface area contributed by atoms with Crippen molar-refractivity contribution >= 4 is 16.1 Å². The first-order chi connectivity index (χ1) is 10.9. The van der Waals surface area contributed by atoms with Crippen molar-refractivity contribution in [2.45, 2.75) is 19.9 Å². The topological polar surface area (TPSA) is 71.4 Å². The molecule has 0 unspecified atom stereocenters. The Morgan fingerprint density at radius 2 is 1.91 bits per heavy atom. The molecule has 6 nitrogen and oxygen atoms in total. The lowest BCUT2D eigenvalue weighted by molar-refractivity contribution is 0.0979. The molecule has 1 heterocycles. The first-order valence-corrected chi connectivity index (χ1v) is 8.84. The van der Waals surface area contributed by atoms with Gasteiger partial charge in [-0.25, -0.2) is 4.72 Å². The summed E-state index contributed by atoms with van der Waals surface area (Å²) < 4.78 is 29.0. The molecule has 0 aliphatic carbocycles. The molecule has 7 heteroatoms. The van der Waals surface area contributed by atoms with Gasteiger partial charge in [0.15, 0.2) is 0 Å². The Morgan fingerprint density at radius 1 is 1.22 bits per heavy atom. The maximum absolute atomic E-state index is 12.1. The highest BCUT2D eigenvalue weighted by molar-refractivity contribution is 7.87. The van der Waals surface area contributed by atoms with Gasteiger partial charge in [-0.05, 0) is 18.1 Å². The second-order valence-corrected chi connectivity index (χ2v) is 7.09. The summed E-state index contributed by atoms with van der Waals surface area (Å²) in [4.78, 5) is 12.1. The standard InChI is InChI=1S/C16H21N3O3S/c1-3-10-18(2)23(21,22)17-16(20)15-9-11-19(13-15)12-14-7-5-4-6-8-14/h4-9,11,13H,3,10,12H2,1-2H3,(H,17,20). The van der Waals surface area contributed by atoms with Crippen molar-refractivity contribution in [1.82, 2.24) is 13.6 Å². The number of carbonyl (C=O) groups is 1.